The normalized spacial score (nSPS) is 15.9. The Morgan fingerprint density at radius 3 is 2.57 bits per heavy atom. The molecule has 1 aliphatic rings. The first-order valence-corrected chi connectivity index (χ1v) is 10.7. The van der Waals surface area contributed by atoms with Crippen LogP contribution in [0.25, 0.3) is 27.3 Å². The largest absolute Gasteiger partial charge is 0.306 e. The van der Waals surface area contributed by atoms with Crippen molar-refractivity contribution in [3.63, 3.8) is 0 Å². The summed E-state index contributed by atoms with van der Waals surface area (Å²) in [6.07, 6.45) is 5.40. The molecule has 1 aliphatic heterocycles. The Labute approximate surface area is 175 Å². The number of pyridine rings is 1. The Bertz CT molecular complexity index is 1320. The van der Waals surface area contributed by atoms with E-state index < -0.39 is 0 Å². The van der Waals surface area contributed by atoms with Gasteiger partial charge in [-0.25, -0.2) is 4.98 Å². The van der Waals surface area contributed by atoms with Crippen LogP contribution in [0.15, 0.2) is 59.5 Å². The molecule has 30 heavy (non-hydrogen) atoms. The second-order valence-electron chi connectivity index (χ2n) is 8.46. The third-order valence-electron chi connectivity index (χ3n) is 6.42. The van der Waals surface area contributed by atoms with Gasteiger partial charge in [-0.2, -0.15) is 0 Å². The molecule has 0 unspecified atom stereocenters. The standard InChI is InChI=1S/C25H25N3O2/c1-27-13-10-17(11-14-27)8-9-23(29)20-7-4-12-28-24(20)26-22-16-19-6-3-2-5-18(19)15-21(22)25(28)30/h2-7,12,15-17H,8-11,13-14H2,1H3. The number of ketones is 1. The third-order valence-corrected chi connectivity index (χ3v) is 6.42. The highest BCUT2D eigenvalue weighted by Gasteiger charge is 2.20. The lowest BCUT2D eigenvalue weighted by molar-refractivity contribution is 0.0966. The number of aromatic nitrogens is 2. The second kappa shape index (κ2) is 7.65. The SMILES string of the molecule is CN1CCC(CCC(=O)c2cccn3c(=O)c4cc5ccccc5cc4nc23)CC1. The van der Waals surface area contributed by atoms with E-state index in [1.54, 1.807) is 18.3 Å². The molecule has 0 amide bonds. The quantitative estimate of drug-likeness (QED) is 0.379. The van der Waals surface area contributed by atoms with E-state index in [2.05, 4.69) is 11.9 Å². The average molecular weight is 399 g/mol. The van der Waals surface area contributed by atoms with E-state index >= 15 is 0 Å². The van der Waals surface area contributed by atoms with Gasteiger partial charge in [-0.1, -0.05) is 24.3 Å². The molecule has 0 N–H and O–H groups in total. The van der Waals surface area contributed by atoms with Crippen molar-refractivity contribution in [3.05, 3.63) is 70.6 Å². The van der Waals surface area contributed by atoms with Crippen molar-refractivity contribution in [1.29, 1.82) is 0 Å². The Kier molecular flexibility index (Phi) is 4.83. The molecule has 152 valence electrons. The zero-order valence-electron chi connectivity index (χ0n) is 17.2. The maximum atomic E-state index is 13.1. The number of carbonyl (C=O) groups is 1. The zero-order valence-corrected chi connectivity index (χ0v) is 17.2. The Balaban J connectivity index is 1.53. The van der Waals surface area contributed by atoms with Crippen LogP contribution in [0.4, 0.5) is 0 Å². The van der Waals surface area contributed by atoms with Crippen LogP contribution < -0.4 is 5.56 Å². The molecule has 0 saturated carbocycles. The summed E-state index contributed by atoms with van der Waals surface area (Å²) in [6.45, 7) is 2.20. The molecule has 2 aromatic carbocycles. The van der Waals surface area contributed by atoms with Gasteiger partial charge in [-0.15, -0.1) is 0 Å². The number of nitrogens with zero attached hydrogens (tertiary/aromatic N) is 3. The number of likely N-dealkylation sites (tertiary alicyclic amines) is 1. The van der Waals surface area contributed by atoms with Crippen molar-refractivity contribution in [2.24, 2.45) is 5.92 Å². The van der Waals surface area contributed by atoms with Gasteiger partial charge < -0.3 is 4.90 Å². The zero-order chi connectivity index (χ0) is 20.7. The van der Waals surface area contributed by atoms with Crippen molar-refractivity contribution in [1.82, 2.24) is 14.3 Å². The minimum atomic E-state index is -0.134. The summed E-state index contributed by atoms with van der Waals surface area (Å²) in [5.74, 6) is 0.669. The molecule has 2 aromatic heterocycles. The van der Waals surface area contributed by atoms with Crippen molar-refractivity contribution >= 4 is 33.1 Å². The van der Waals surface area contributed by atoms with Crippen LogP contribution in [0.5, 0.6) is 0 Å². The third kappa shape index (κ3) is 3.39. The van der Waals surface area contributed by atoms with Crippen molar-refractivity contribution in [2.45, 2.75) is 25.7 Å². The molecule has 5 heteroatoms. The van der Waals surface area contributed by atoms with E-state index in [-0.39, 0.29) is 11.3 Å². The molecule has 1 saturated heterocycles. The first kappa shape index (κ1) is 18.9. The Morgan fingerprint density at radius 1 is 1.07 bits per heavy atom. The van der Waals surface area contributed by atoms with Crippen molar-refractivity contribution in [2.75, 3.05) is 20.1 Å². The molecule has 0 radical (unpaired) electrons. The predicted octanol–water partition coefficient (Wildman–Crippen LogP) is 4.31. The summed E-state index contributed by atoms with van der Waals surface area (Å²) in [6, 6.07) is 15.3. The lowest BCUT2D eigenvalue weighted by Gasteiger charge is -2.28. The molecule has 1 fully saturated rings. The highest BCUT2D eigenvalue weighted by molar-refractivity contribution is 6.03. The fourth-order valence-corrected chi connectivity index (χ4v) is 4.55. The molecule has 3 heterocycles. The topological polar surface area (TPSA) is 54.7 Å². The lowest BCUT2D eigenvalue weighted by Crippen LogP contribution is -2.30. The molecule has 0 atom stereocenters. The minimum absolute atomic E-state index is 0.0686. The fourth-order valence-electron chi connectivity index (χ4n) is 4.55. The number of hydrogen-bond acceptors (Lipinski definition) is 4. The van der Waals surface area contributed by atoms with Crippen LogP contribution >= 0.6 is 0 Å². The fraction of sp³-hybridized carbons (Fsp3) is 0.320. The number of piperidine rings is 1. The minimum Gasteiger partial charge on any atom is -0.306 e. The Hall–Kier alpha value is -3.05. The maximum absolute atomic E-state index is 13.1. The molecule has 0 bridgehead atoms. The van der Waals surface area contributed by atoms with Gasteiger partial charge in [-0.05, 0) is 80.4 Å². The van der Waals surface area contributed by atoms with Gasteiger partial charge >= 0.3 is 0 Å². The summed E-state index contributed by atoms with van der Waals surface area (Å²) >= 11 is 0. The summed E-state index contributed by atoms with van der Waals surface area (Å²) in [5, 5.41) is 2.61. The monoisotopic (exact) mass is 399 g/mol. The number of carbonyl (C=O) groups excluding carboxylic acids is 1. The van der Waals surface area contributed by atoms with Gasteiger partial charge in [0, 0.05) is 12.6 Å². The van der Waals surface area contributed by atoms with Crippen molar-refractivity contribution in [3.8, 4) is 0 Å². The van der Waals surface area contributed by atoms with E-state index in [9.17, 15) is 9.59 Å². The molecular formula is C25H25N3O2. The van der Waals surface area contributed by atoms with Gasteiger partial charge in [0.05, 0.1) is 16.5 Å². The average Bonchev–Trinajstić information content (AvgIpc) is 2.77. The van der Waals surface area contributed by atoms with E-state index in [1.807, 2.05) is 36.4 Å². The maximum Gasteiger partial charge on any atom is 0.265 e. The second-order valence-corrected chi connectivity index (χ2v) is 8.46. The molecule has 4 aromatic rings. The van der Waals surface area contributed by atoms with Crippen LogP contribution in [0.2, 0.25) is 0 Å². The van der Waals surface area contributed by atoms with E-state index in [4.69, 9.17) is 4.98 Å². The van der Waals surface area contributed by atoms with Crippen LogP contribution in [0.3, 0.4) is 0 Å². The van der Waals surface area contributed by atoms with Crippen LogP contribution in [0, 0.1) is 5.92 Å². The molecule has 0 aliphatic carbocycles. The summed E-state index contributed by atoms with van der Waals surface area (Å²) in [7, 11) is 2.15. The highest BCUT2D eigenvalue weighted by Crippen LogP contribution is 2.24. The summed E-state index contributed by atoms with van der Waals surface area (Å²) in [4.78, 5) is 33.3. The van der Waals surface area contributed by atoms with Gasteiger partial charge in [0.25, 0.3) is 5.56 Å². The highest BCUT2D eigenvalue weighted by atomic mass is 16.1. The van der Waals surface area contributed by atoms with Gasteiger partial charge in [0.1, 0.15) is 0 Å². The van der Waals surface area contributed by atoms with Crippen LogP contribution in [0.1, 0.15) is 36.0 Å². The van der Waals surface area contributed by atoms with E-state index in [0.717, 1.165) is 43.1 Å². The van der Waals surface area contributed by atoms with Gasteiger partial charge in [0.15, 0.2) is 11.4 Å². The lowest BCUT2D eigenvalue weighted by atomic mass is 9.90. The molecule has 5 nitrogen and oxygen atoms in total. The first-order valence-electron chi connectivity index (χ1n) is 10.7. The predicted molar refractivity (Wildman–Crippen MR) is 120 cm³/mol. The molecule has 5 rings (SSSR count). The van der Waals surface area contributed by atoms with E-state index in [0.29, 0.717) is 34.5 Å². The van der Waals surface area contributed by atoms with Gasteiger partial charge in [0.2, 0.25) is 0 Å². The smallest absolute Gasteiger partial charge is 0.265 e. The molecule has 0 spiro atoms. The van der Waals surface area contributed by atoms with Gasteiger partial charge in [-0.3, -0.25) is 14.0 Å². The summed E-state index contributed by atoms with van der Waals surface area (Å²) in [5.41, 5.74) is 1.50. The number of rotatable bonds is 4. The van der Waals surface area contributed by atoms with Crippen molar-refractivity contribution < 1.29 is 4.79 Å². The number of hydrogen-bond donors (Lipinski definition) is 0. The Morgan fingerprint density at radius 2 is 1.80 bits per heavy atom. The number of fused-ring (bicyclic) bond motifs is 3. The molecular weight excluding hydrogens is 374 g/mol. The number of benzene rings is 2. The number of Topliss-reactive ketones (excluding diaryl/α,β-unsaturated/α-hetero) is 1. The van der Waals surface area contributed by atoms with E-state index in [1.165, 1.54) is 4.40 Å². The van der Waals surface area contributed by atoms with Crippen LogP contribution in [-0.2, 0) is 0 Å². The summed E-state index contributed by atoms with van der Waals surface area (Å²) < 4.78 is 1.51. The first-order chi connectivity index (χ1) is 14.6. The van der Waals surface area contributed by atoms with Crippen LogP contribution in [-0.4, -0.2) is 40.2 Å².